The van der Waals surface area contributed by atoms with Crippen molar-refractivity contribution in [1.29, 1.82) is 0 Å². The molecule has 2 fully saturated rings. The Morgan fingerprint density at radius 1 is 1.25 bits per heavy atom. The molecule has 5 heteroatoms. The summed E-state index contributed by atoms with van der Waals surface area (Å²) in [4.78, 5) is 4.68. The minimum absolute atomic E-state index is 0.221. The normalized spacial score (nSPS) is 26.6. The molecule has 20 heavy (non-hydrogen) atoms. The first-order chi connectivity index (χ1) is 9.84. The summed E-state index contributed by atoms with van der Waals surface area (Å²) >= 11 is 0. The van der Waals surface area contributed by atoms with E-state index in [-0.39, 0.29) is 11.6 Å². The highest BCUT2D eigenvalue weighted by Gasteiger charge is 2.41. The van der Waals surface area contributed by atoms with Crippen molar-refractivity contribution in [3.63, 3.8) is 0 Å². The fourth-order valence-corrected chi connectivity index (χ4v) is 3.46. The highest BCUT2D eigenvalue weighted by atomic mass is 16.5. The van der Waals surface area contributed by atoms with Crippen LogP contribution in [0.4, 0.5) is 0 Å². The van der Waals surface area contributed by atoms with Crippen LogP contribution in [0, 0.1) is 0 Å². The summed E-state index contributed by atoms with van der Waals surface area (Å²) in [5, 5.41) is 7.75. The highest BCUT2D eigenvalue weighted by Crippen LogP contribution is 2.41. The Hall–Kier alpha value is -0.940. The Bertz CT molecular complexity index is 419. The molecule has 1 aromatic rings. The lowest BCUT2D eigenvalue weighted by Crippen LogP contribution is -2.28. The number of ether oxygens (including phenoxy) is 1. The van der Waals surface area contributed by atoms with Crippen LogP contribution in [0.25, 0.3) is 0 Å². The van der Waals surface area contributed by atoms with Crippen molar-refractivity contribution >= 4 is 0 Å². The minimum Gasteiger partial charge on any atom is -0.367 e. The second-order valence-corrected chi connectivity index (χ2v) is 5.95. The molecule has 2 heterocycles. The Morgan fingerprint density at radius 3 is 2.90 bits per heavy atom. The highest BCUT2D eigenvalue weighted by molar-refractivity contribution is 5.06. The number of aromatic nitrogens is 2. The molecule has 112 valence electrons. The van der Waals surface area contributed by atoms with E-state index >= 15 is 0 Å². The van der Waals surface area contributed by atoms with Crippen LogP contribution in [-0.4, -0.2) is 23.3 Å². The van der Waals surface area contributed by atoms with Crippen LogP contribution in [0.2, 0.25) is 0 Å². The van der Waals surface area contributed by atoms with Crippen LogP contribution < -0.4 is 5.32 Å². The fourth-order valence-electron chi connectivity index (χ4n) is 3.46. The van der Waals surface area contributed by atoms with Gasteiger partial charge in [0.15, 0.2) is 0 Å². The topological polar surface area (TPSA) is 60.2 Å². The zero-order chi connectivity index (χ0) is 13.8. The third-order valence-electron chi connectivity index (χ3n) is 4.54. The van der Waals surface area contributed by atoms with E-state index < -0.39 is 0 Å². The smallest absolute Gasteiger partial charge is 0.243 e. The summed E-state index contributed by atoms with van der Waals surface area (Å²) in [5.74, 6) is 1.51. The van der Waals surface area contributed by atoms with Gasteiger partial charge in [-0.1, -0.05) is 18.0 Å². The summed E-state index contributed by atoms with van der Waals surface area (Å²) in [6, 6.07) is 0.221. The van der Waals surface area contributed by atoms with E-state index in [0.717, 1.165) is 37.5 Å². The number of hydrogen-bond acceptors (Lipinski definition) is 5. The first-order valence-corrected chi connectivity index (χ1v) is 8.05. The average Bonchev–Trinajstić information content (AvgIpc) is 3.04. The Kier molecular flexibility index (Phi) is 4.36. The van der Waals surface area contributed by atoms with E-state index in [1.165, 1.54) is 32.1 Å². The lowest BCUT2D eigenvalue weighted by atomic mass is 10.0. The first-order valence-electron chi connectivity index (χ1n) is 8.05. The number of nitrogens with zero attached hydrogens (tertiary/aromatic N) is 2. The van der Waals surface area contributed by atoms with Crippen LogP contribution in [0.15, 0.2) is 4.52 Å². The summed E-state index contributed by atoms with van der Waals surface area (Å²) in [5.41, 5.74) is -0.290. The van der Waals surface area contributed by atoms with Gasteiger partial charge in [0.1, 0.15) is 5.60 Å². The van der Waals surface area contributed by atoms with Crippen LogP contribution in [-0.2, 0) is 10.3 Å². The first kappa shape index (κ1) is 14.0. The number of rotatable bonds is 4. The molecule has 1 saturated heterocycles. The number of hydrogen-bond donors (Lipinski definition) is 1. The molecule has 2 aliphatic rings. The van der Waals surface area contributed by atoms with Crippen molar-refractivity contribution in [2.45, 2.75) is 69.9 Å². The molecule has 5 nitrogen and oxygen atoms in total. The van der Waals surface area contributed by atoms with Crippen LogP contribution >= 0.6 is 0 Å². The molecule has 3 rings (SSSR count). The molecule has 0 radical (unpaired) electrons. The lowest BCUT2D eigenvalue weighted by molar-refractivity contribution is -0.0469. The largest absolute Gasteiger partial charge is 0.367 e. The van der Waals surface area contributed by atoms with Crippen molar-refractivity contribution in [1.82, 2.24) is 15.5 Å². The van der Waals surface area contributed by atoms with Gasteiger partial charge in [0, 0.05) is 6.61 Å². The molecule has 0 amide bonds. The minimum atomic E-state index is -0.290. The van der Waals surface area contributed by atoms with E-state index in [2.05, 4.69) is 15.5 Å². The molecule has 0 bridgehead atoms. The van der Waals surface area contributed by atoms with Gasteiger partial charge in [-0.3, -0.25) is 0 Å². The van der Waals surface area contributed by atoms with Crippen molar-refractivity contribution in [2.24, 2.45) is 0 Å². The van der Waals surface area contributed by atoms with Crippen molar-refractivity contribution in [3.05, 3.63) is 11.7 Å². The van der Waals surface area contributed by atoms with Gasteiger partial charge in [-0.2, -0.15) is 4.98 Å². The van der Waals surface area contributed by atoms with Gasteiger partial charge in [0.2, 0.25) is 11.7 Å². The van der Waals surface area contributed by atoms with Gasteiger partial charge in [-0.05, 0) is 52.0 Å². The van der Waals surface area contributed by atoms with Crippen LogP contribution in [0.1, 0.15) is 76.0 Å². The average molecular weight is 279 g/mol. The summed E-state index contributed by atoms with van der Waals surface area (Å²) in [7, 11) is 0. The second-order valence-electron chi connectivity index (χ2n) is 5.95. The van der Waals surface area contributed by atoms with Gasteiger partial charge in [-0.25, -0.2) is 0 Å². The Labute approximate surface area is 120 Å². The maximum atomic E-state index is 6.00. The quantitative estimate of drug-likeness (QED) is 0.917. The molecular formula is C15H25N3O2. The van der Waals surface area contributed by atoms with E-state index in [0.29, 0.717) is 6.61 Å². The van der Waals surface area contributed by atoms with Gasteiger partial charge in [0.05, 0.1) is 6.04 Å². The monoisotopic (exact) mass is 279 g/mol. The molecule has 1 atom stereocenters. The van der Waals surface area contributed by atoms with E-state index in [9.17, 15) is 0 Å². The van der Waals surface area contributed by atoms with Crippen molar-refractivity contribution in [2.75, 3.05) is 13.2 Å². The van der Waals surface area contributed by atoms with Crippen LogP contribution in [0.5, 0.6) is 0 Å². The molecule has 1 aliphatic heterocycles. The summed E-state index contributed by atoms with van der Waals surface area (Å²) in [6.07, 6.45) is 9.23. The van der Waals surface area contributed by atoms with E-state index in [4.69, 9.17) is 9.26 Å². The zero-order valence-electron chi connectivity index (χ0n) is 12.4. The molecule has 1 aromatic heterocycles. The van der Waals surface area contributed by atoms with E-state index in [1.54, 1.807) is 0 Å². The SMILES string of the molecule is CCOC1(c2noc(C3CCCCCN3)n2)CCCC1. The zero-order valence-corrected chi connectivity index (χ0v) is 12.4. The third kappa shape index (κ3) is 2.74. The second kappa shape index (κ2) is 6.22. The molecule has 1 aliphatic carbocycles. The van der Waals surface area contributed by atoms with Gasteiger partial charge >= 0.3 is 0 Å². The Balaban J connectivity index is 1.77. The van der Waals surface area contributed by atoms with Gasteiger partial charge in [-0.15, -0.1) is 0 Å². The third-order valence-corrected chi connectivity index (χ3v) is 4.54. The lowest BCUT2D eigenvalue weighted by Gasteiger charge is -2.24. The summed E-state index contributed by atoms with van der Waals surface area (Å²) in [6.45, 7) is 3.78. The molecule has 1 N–H and O–H groups in total. The maximum Gasteiger partial charge on any atom is 0.243 e. The molecule has 0 spiro atoms. The van der Waals surface area contributed by atoms with Crippen molar-refractivity contribution < 1.29 is 9.26 Å². The molecule has 1 unspecified atom stereocenters. The van der Waals surface area contributed by atoms with Crippen molar-refractivity contribution in [3.8, 4) is 0 Å². The predicted molar refractivity (Wildman–Crippen MR) is 75.3 cm³/mol. The van der Waals surface area contributed by atoms with Gasteiger partial charge < -0.3 is 14.6 Å². The molecular weight excluding hydrogens is 254 g/mol. The van der Waals surface area contributed by atoms with Gasteiger partial charge in [0.25, 0.3) is 0 Å². The van der Waals surface area contributed by atoms with Crippen LogP contribution in [0.3, 0.4) is 0 Å². The van der Waals surface area contributed by atoms with E-state index in [1.807, 2.05) is 6.92 Å². The standard InChI is InChI=1S/C15H25N3O2/c1-2-19-15(9-5-6-10-15)14-17-13(20-18-14)12-8-4-3-7-11-16-12/h12,16H,2-11H2,1H3. The summed E-state index contributed by atoms with van der Waals surface area (Å²) < 4.78 is 11.5. The Morgan fingerprint density at radius 2 is 2.10 bits per heavy atom. The predicted octanol–water partition coefficient (Wildman–Crippen LogP) is 3.08. The fraction of sp³-hybridized carbons (Fsp3) is 0.867. The number of nitrogens with one attached hydrogen (secondary N) is 1. The molecule has 0 aromatic carbocycles. The maximum absolute atomic E-state index is 6.00. The molecule has 1 saturated carbocycles.